The van der Waals surface area contributed by atoms with E-state index in [2.05, 4.69) is 0 Å². The molecule has 1 aromatic carbocycles. The van der Waals surface area contributed by atoms with E-state index in [-0.39, 0.29) is 5.82 Å². The number of rotatable bonds is 2. The predicted octanol–water partition coefficient (Wildman–Crippen LogP) is 2.55. The van der Waals surface area contributed by atoms with Crippen molar-refractivity contribution in [1.29, 1.82) is 0 Å². The Hall–Kier alpha value is -1.61. The first-order chi connectivity index (χ1) is 7.59. The lowest BCUT2D eigenvalue weighted by molar-refractivity contribution is 0.211. The Labute approximate surface area is 94.0 Å². The predicted molar refractivity (Wildman–Crippen MR) is 60.6 cm³/mol. The van der Waals surface area contributed by atoms with Gasteiger partial charge in [0, 0.05) is 13.2 Å². The molecule has 0 fully saturated rings. The van der Waals surface area contributed by atoms with E-state index in [4.69, 9.17) is 0 Å². The van der Waals surface area contributed by atoms with Crippen LogP contribution in [0.15, 0.2) is 36.5 Å². The van der Waals surface area contributed by atoms with Crippen molar-refractivity contribution in [3.63, 3.8) is 0 Å². The smallest absolute Gasteiger partial charge is 0.126 e. The Bertz CT molecular complexity index is 504. The fourth-order valence-corrected chi connectivity index (χ4v) is 1.71. The molecule has 0 amide bonds. The fraction of sp³-hybridized carbons (Fsp3) is 0.231. The van der Waals surface area contributed by atoms with Gasteiger partial charge in [0.05, 0.1) is 5.69 Å². The zero-order valence-electron chi connectivity index (χ0n) is 9.31. The van der Waals surface area contributed by atoms with Crippen molar-refractivity contribution in [3.05, 3.63) is 59.2 Å². The molecule has 0 spiro atoms. The average molecular weight is 219 g/mol. The van der Waals surface area contributed by atoms with Gasteiger partial charge in [-0.25, -0.2) is 4.39 Å². The van der Waals surface area contributed by atoms with Gasteiger partial charge >= 0.3 is 0 Å². The van der Waals surface area contributed by atoms with Crippen molar-refractivity contribution in [3.8, 4) is 0 Å². The lowest BCUT2D eigenvalue weighted by Crippen LogP contribution is -2.05. The second-order valence-corrected chi connectivity index (χ2v) is 3.96. The van der Waals surface area contributed by atoms with E-state index in [9.17, 15) is 9.50 Å². The summed E-state index contributed by atoms with van der Waals surface area (Å²) in [6, 6.07) is 8.48. The van der Waals surface area contributed by atoms with E-state index < -0.39 is 6.10 Å². The average Bonchev–Trinajstić information content (AvgIpc) is 2.67. The maximum absolute atomic E-state index is 13.4. The molecule has 2 rings (SSSR count). The van der Waals surface area contributed by atoms with Gasteiger partial charge in [-0.15, -0.1) is 0 Å². The molecule has 0 aliphatic rings. The highest BCUT2D eigenvalue weighted by atomic mass is 19.1. The minimum atomic E-state index is -0.782. The van der Waals surface area contributed by atoms with Gasteiger partial charge in [-0.2, -0.15) is 0 Å². The Morgan fingerprint density at radius 2 is 2.06 bits per heavy atom. The molecule has 0 unspecified atom stereocenters. The van der Waals surface area contributed by atoms with Crippen LogP contribution in [0.2, 0.25) is 0 Å². The highest BCUT2D eigenvalue weighted by Crippen LogP contribution is 2.23. The summed E-state index contributed by atoms with van der Waals surface area (Å²) >= 11 is 0. The van der Waals surface area contributed by atoms with Crippen LogP contribution in [0.25, 0.3) is 0 Å². The summed E-state index contributed by atoms with van der Waals surface area (Å²) in [5.74, 6) is -0.286. The van der Waals surface area contributed by atoms with E-state index >= 15 is 0 Å². The molecule has 0 bridgehead atoms. The topological polar surface area (TPSA) is 25.2 Å². The molecule has 2 aromatic rings. The van der Waals surface area contributed by atoms with Crippen molar-refractivity contribution in [2.24, 2.45) is 7.05 Å². The lowest BCUT2D eigenvalue weighted by atomic mass is 10.0. The first kappa shape index (κ1) is 10.9. The highest BCUT2D eigenvalue weighted by Gasteiger charge is 2.14. The van der Waals surface area contributed by atoms with E-state index in [1.807, 2.05) is 29.9 Å². The van der Waals surface area contributed by atoms with Crippen LogP contribution in [0.5, 0.6) is 0 Å². The Morgan fingerprint density at radius 3 is 2.62 bits per heavy atom. The van der Waals surface area contributed by atoms with Gasteiger partial charge in [0.2, 0.25) is 0 Å². The van der Waals surface area contributed by atoms with Crippen LogP contribution in [-0.4, -0.2) is 9.67 Å². The lowest BCUT2D eigenvalue weighted by Gasteiger charge is -2.13. The number of nitrogens with zero attached hydrogens (tertiary/aromatic N) is 1. The van der Waals surface area contributed by atoms with Crippen molar-refractivity contribution in [2.75, 3.05) is 0 Å². The van der Waals surface area contributed by atoms with Gasteiger partial charge in [-0.3, -0.25) is 0 Å². The van der Waals surface area contributed by atoms with Crippen LogP contribution < -0.4 is 0 Å². The maximum atomic E-state index is 13.4. The molecular formula is C13H14FNO. The van der Waals surface area contributed by atoms with Gasteiger partial charge in [0.25, 0.3) is 0 Å². The number of halogens is 1. The summed E-state index contributed by atoms with van der Waals surface area (Å²) in [6.45, 7) is 1.70. The summed E-state index contributed by atoms with van der Waals surface area (Å²) in [7, 11) is 1.85. The quantitative estimate of drug-likeness (QED) is 0.825. The molecule has 0 aliphatic carbocycles. The third kappa shape index (κ3) is 1.86. The number of aromatic nitrogens is 1. The zero-order chi connectivity index (χ0) is 11.7. The first-order valence-electron chi connectivity index (χ1n) is 5.15. The minimum absolute atomic E-state index is 0.286. The molecule has 0 saturated heterocycles. The second kappa shape index (κ2) is 4.10. The summed E-state index contributed by atoms with van der Waals surface area (Å²) in [4.78, 5) is 0. The molecule has 0 saturated carbocycles. The third-order valence-corrected chi connectivity index (χ3v) is 2.78. The Kier molecular flexibility index (Phi) is 2.79. The highest BCUT2D eigenvalue weighted by molar-refractivity contribution is 5.30. The Balaban J connectivity index is 2.38. The molecule has 1 aromatic heterocycles. The van der Waals surface area contributed by atoms with Crippen LogP contribution in [0, 0.1) is 12.7 Å². The summed E-state index contributed by atoms with van der Waals surface area (Å²) in [5.41, 5.74) is 1.91. The number of aliphatic hydroxyl groups excluding tert-OH is 1. The van der Waals surface area contributed by atoms with Crippen LogP contribution in [0.3, 0.4) is 0 Å². The van der Waals surface area contributed by atoms with Gasteiger partial charge < -0.3 is 9.67 Å². The number of benzene rings is 1. The molecule has 1 N–H and O–H groups in total. The summed E-state index contributed by atoms with van der Waals surface area (Å²) < 4.78 is 15.2. The first-order valence-corrected chi connectivity index (χ1v) is 5.15. The van der Waals surface area contributed by atoms with Crippen molar-refractivity contribution < 1.29 is 9.50 Å². The number of hydrogen-bond donors (Lipinski definition) is 1. The molecule has 1 atom stereocenters. The van der Waals surface area contributed by atoms with Gasteiger partial charge in [-0.1, -0.05) is 12.1 Å². The number of hydrogen-bond acceptors (Lipinski definition) is 1. The molecule has 0 radical (unpaired) electrons. The van der Waals surface area contributed by atoms with Gasteiger partial charge in [-0.05, 0) is 36.2 Å². The normalized spacial score (nSPS) is 12.8. The summed E-state index contributed by atoms with van der Waals surface area (Å²) in [6.07, 6.45) is 1.07. The van der Waals surface area contributed by atoms with Crippen LogP contribution in [0.1, 0.15) is 22.9 Å². The maximum Gasteiger partial charge on any atom is 0.126 e. The number of aliphatic hydroxyl groups is 1. The van der Waals surface area contributed by atoms with E-state index in [1.165, 1.54) is 6.07 Å². The monoisotopic (exact) mass is 219 g/mol. The fourth-order valence-electron chi connectivity index (χ4n) is 1.71. The summed E-state index contributed by atoms with van der Waals surface area (Å²) in [5, 5.41) is 10.1. The van der Waals surface area contributed by atoms with Gasteiger partial charge in [0.15, 0.2) is 0 Å². The molecule has 3 heteroatoms. The molecule has 84 valence electrons. The molecule has 1 heterocycles. The molecule has 16 heavy (non-hydrogen) atoms. The van der Waals surface area contributed by atoms with Crippen LogP contribution in [-0.2, 0) is 7.05 Å². The van der Waals surface area contributed by atoms with E-state index in [1.54, 1.807) is 19.1 Å². The number of aryl methyl sites for hydroxylation is 2. The standard InChI is InChI=1S/C13H14FNO/c1-9-5-6-10(8-11(9)14)13(16)12-4-3-7-15(12)2/h3-8,13,16H,1-2H3/t13-/m0/s1. The van der Waals surface area contributed by atoms with Crippen molar-refractivity contribution in [2.45, 2.75) is 13.0 Å². The second-order valence-electron chi connectivity index (χ2n) is 3.96. The zero-order valence-corrected chi connectivity index (χ0v) is 9.31. The SMILES string of the molecule is Cc1ccc([C@H](O)c2cccn2C)cc1F. The van der Waals surface area contributed by atoms with Gasteiger partial charge in [0.1, 0.15) is 11.9 Å². The minimum Gasteiger partial charge on any atom is -0.382 e. The van der Waals surface area contributed by atoms with E-state index in [0.717, 1.165) is 5.69 Å². The largest absolute Gasteiger partial charge is 0.382 e. The third-order valence-electron chi connectivity index (χ3n) is 2.78. The Morgan fingerprint density at radius 1 is 1.31 bits per heavy atom. The van der Waals surface area contributed by atoms with Crippen LogP contribution >= 0.6 is 0 Å². The molecule has 0 aliphatic heterocycles. The molecular weight excluding hydrogens is 205 g/mol. The van der Waals surface area contributed by atoms with Crippen LogP contribution in [0.4, 0.5) is 4.39 Å². The van der Waals surface area contributed by atoms with Crippen molar-refractivity contribution in [1.82, 2.24) is 4.57 Å². The van der Waals surface area contributed by atoms with Crippen molar-refractivity contribution >= 4 is 0 Å². The van der Waals surface area contributed by atoms with E-state index in [0.29, 0.717) is 11.1 Å². The molecule has 2 nitrogen and oxygen atoms in total.